The highest BCUT2D eigenvalue weighted by Crippen LogP contribution is 2.02. The summed E-state index contributed by atoms with van der Waals surface area (Å²) in [6.07, 6.45) is -0.0838. The lowest BCUT2D eigenvalue weighted by atomic mass is 10.2. The molecule has 0 aliphatic carbocycles. The van der Waals surface area contributed by atoms with Crippen molar-refractivity contribution in [1.29, 1.82) is 0 Å². The highest BCUT2D eigenvalue weighted by Gasteiger charge is 2.24. The second-order valence-electron chi connectivity index (χ2n) is 3.61. The molecular formula is C10H19NO5. The maximum absolute atomic E-state index is 11.7. The third kappa shape index (κ3) is 4.44. The molecule has 2 N–H and O–H groups in total. The van der Waals surface area contributed by atoms with Crippen LogP contribution in [0.3, 0.4) is 0 Å². The monoisotopic (exact) mass is 233 g/mol. The van der Waals surface area contributed by atoms with E-state index in [9.17, 15) is 4.79 Å². The van der Waals surface area contributed by atoms with Crippen LogP contribution in [0.25, 0.3) is 0 Å². The SMILES string of the molecule is COCC(CCO)NC(=O)C1COCCO1. The Kier molecular flexibility index (Phi) is 6.32. The van der Waals surface area contributed by atoms with Gasteiger partial charge in [0.25, 0.3) is 5.91 Å². The summed E-state index contributed by atoms with van der Waals surface area (Å²) in [5.74, 6) is -0.213. The van der Waals surface area contributed by atoms with Crippen molar-refractivity contribution in [3.63, 3.8) is 0 Å². The number of amides is 1. The maximum atomic E-state index is 11.7. The van der Waals surface area contributed by atoms with Gasteiger partial charge in [-0.05, 0) is 6.42 Å². The van der Waals surface area contributed by atoms with E-state index in [0.29, 0.717) is 26.2 Å². The van der Waals surface area contributed by atoms with Crippen LogP contribution in [0.2, 0.25) is 0 Å². The molecule has 1 heterocycles. The molecule has 94 valence electrons. The number of methoxy groups -OCH3 is 1. The first kappa shape index (κ1) is 13.4. The molecule has 0 aromatic carbocycles. The van der Waals surface area contributed by atoms with Crippen LogP contribution in [-0.2, 0) is 19.0 Å². The van der Waals surface area contributed by atoms with Gasteiger partial charge in [0, 0.05) is 13.7 Å². The van der Waals surface area contributed by atoms with Crippen molar-refractivity contribution < 1.29 is 24.1 Å². The number of nitrogens with one attached hydrogen (secondary N) is 1. The molecular weight excluding hydrogens is 214 g/mol. The summed E-state index contributed by atoms with van der Waals surface area (Å²) in [6, 6.07) is -0.187. The summed E-state index contributed by atoms with van der Waals surface area (Å²) in [4.78, 5) is 11.7. The molecule has 1 amide bonds. The van der Waals surface area contributed by atoms with Gasteiger partial charge in [-0.2, -0.15) is 0 Å². The average Bonchev–Trinajstić information content (AvgIpc) is 2.31. The third-order valence-corrected chi connectivity index (χ3v) is 2.30. The van der Waals surface area contributed by atoms with Gasteiger partial charge >= 0.3 is 0 Å². The summed E-state index contributed by atoms with van der Waals surface area (Å²) in [7, 11) is 1.55. The van der Waals surface area contributed by atoms with Crippen LogP contribution in [0.5, 0.6) is 0 Å². The highest BCUT2D eigenvalue weighted by atomic mass is 16.6. The van der Waals surface area contributed by atoms with Crippen LogP contribution < -0.4 is 5.32 Å². The van der Waals surface area contributed by atoms with E-state index in [-0.39, 0.29) is 25.2 Å². The Morgan fingerprint density at radius 3 is 3.00 bits per heavy atom. The molecule has 0 saturated carbocycles. The van der Waals surface area contributed by atoms with Gasteiger partial charge in [-0.1, -0.05) is 0 Å². The number of carbonyl (C=O) groups excluding carboxylic acids is 1. The first-order chi connectivity index (χ1) is 7.77. The zero-order valence-corrected chi connectivity index (χ0v) is 9.48. The lowest BCUT2D eigenvalue weighted by molar-refractivity contribution is -0.148. The number of aliphatic hydroxyl groups excluding tert-OH is 1. The lowest BCUT2D eigenvalue weighted by Gasteiger charge is -2.24. The van der Waals surface area contributed by atoms with E-state index in [4.69, 9.17) is 19.3 Å². The Morgan fingerprint density at radius 1 is 1.62 bits per heavy atom. The van der Waals surface area contributed by atoms with Gasteiger partial charge in [0.2, 0.25) is 0 Å². The second kappa shape index (κ2) is 7.56. The number of hydrogen-bond donors (Lipinski definition) is 2. The maximum Gasteiger partial charge on any atom is 0.251 e. The number of hydrogen-bond acceptors (Lipinski definition) is 5. The normalized spacial score (nSPS) is 22.8. The molecule has 1 aliphatic rings. The minimum absolute atomic E-state index is 0.0102. The summed E-state index contributed by atoms with van der Waals surface area (Å²) >= 11 is 0. The van der Waals surface area contributed by atoms with E-state index in [0.717, 1.165) is 0 Å². The predicted molar refractivity (Wildman–Crippen MR) is 56.1 cm³/mol. The zero-order valence-electron chi connectivity index (χ0n) is 9.48. The molecule has 1 aliphatic heterocycles. The summed E-state index contributed by atoms with van der Waals surface area (Å²) in [5.41, 5.74) is 0. The summed E-state index contributed by atoms with van der Waals surface area (Å²) < 4.78 is 15.3. The van der Waals surface area contributed by atoms with Crippen LogP contribution in [0.4, 0.5) is 0 Å². The third-order valence-electron chi connectivity index (χ3n) is 2.30. The minimum Gasteiger partial charge on any atom is -0.396 e. The van der Waals surface area contributed by atoms with E-state index in [1.807, 2.05) is 0 Å². The summed E-state index contributed by atoms with van der Waals surface area (Å²) in [5, 5.41) is 11.6. The van der Waals surface area contributed by atoms with Gasteiger partial charge in [-0.25, -0.2) is 0 Å². The fraction of sp³-hybridized carbons (Fsp3) is 0.900. The summed E-state index contributed by atoms with van der Waals surface area (Å²) in [6.45, 7) is 1.63. The molecule has 1 fully saturated rings. The average molecular weight is 233 g/mol. The Bertz CT molecular complexity index is 199. The Hall–Kier alpha value is -0.690. The van der Waals surface area contributed by atoms with Crippen LogP contribution >= 0.6 is 0 Å². The molecule has 1 saturated heterocycles. The van der Waals surface area contributed by atoms with E-state index in [1.165, 1.54) is 0 Å². The van der Waals surface area contributed by atoms with Gasteiger partial charge in [-0.15, -0.1) is 0 Å². The van der Waals surface area contributed by atoms with Crippen molar-refractivity contribution in [2.45, 2.75) is 18.6 Å². The number of aliphatic hydroxyl groups is 1. The molecule has 1 rings (SSSR count). The van der Waals surface area contributed by atoms with Crippen molar-refractivity contribution in [1.82, 2.24) is 5.32 Å². The van der Waals surface area contributed by atoms with Gasteiger partial charge in [-0.3, -0.25) is 4.79 Å². The lowest BCUT2D eigenvalue weighted by Crippen LogP contribution is -2.48. The van der Waals surface area contributed by atoms with Gasteiger partial charge in [0.15, 0.2) is 6.10 Å². The van der Waals surface area contributed by atoms with E-state index < -0.39 is 6.10 Å². The Labute approximate surface area is 94.9 Å². The van der Waals surface area contributed by atoms with Gasteiger partial charge in [0.05, 0.1) is 32.5 Å². The molecule has 0 bridgehead atoms. The molecule has 0 aromatic rings. The standard InChI is InChI=1S/C10H19NO5/c1-14-6-8(2-3-12)11-10(13)9-7-15-4-5-16-9/h8-9,12H,2-7H2,1H3,(H,11,13). The fourth-order valence-electron chi connectivity index (χ4n) is 1.49. The quantitative estimate of drug-likeness (QED) is 0.610. The molecule has 0 aromatic heterocycles. The van der Waals surface area contributed by atoms with Crippen molar-refractivity contribution in [3.05, 3.63) is 0 Å². The second-order valence-corrected chi connectivity index (χ2v) is 3.61. The largest absolute Gasteiger partial charge is 0.396 e. The molecule has 2 unspecified atom stereocenters. The van der Waals surface area contributed by atoms with Crippen molar-refractivity contribution in [3.8, 4) is 0 Å². The topological polar surface area (TPSA) is 77.0 Å². The van der Waals surface area contributed by atoms with Crippen molar-refractivity contribution >= 4 is 5.91 Å². The van der Waals surface area contributed by atoms with Crippen LogP contribution in [0.15, 0.2) is 0 Å². The number of carbonyl (C=O) groups is 1. The molecule has 16 heavy (non-hydrogen) atoms. The van der Waals surface area contributed by atoms with Crippen LogP contribution in [0.1, 0.15) is 6.42 Å². The van der Waals surface area contributed by atoms with Crippen molar-refractivity contribution in [2.24, 2.45) is 0 Å². The Morgan fingerprint density at radius 2 is 2.44 bits per heavy atom. The highest BCUT2D eigenvalue weighted by molar-refractivity contribution is 5.81. The van der Waals surface area contributed by atoms with E-state index >= 15 is 0 Å². The molecule has 6 nitrogen and oxygen atoms in total. The smallest absolute Gasteiger partial charge is 0.251 e. The first-order valence-corrected chi connectivity index (χ1v) is 5.37. The minimum atomic E-state index is -0.549. The van der Waals surface area contributed by atoms with Crippen molar-refractivity contribution in [2.75, 3.05) is 40.1 Å². The molecule has 6 heteroatoms. The van der Waals surface area contributed by atoms with Gasteiger partial charge < -0.3 is 24.6 Å². The fourth-order valence-corrected chi connectivity index (χ4v) is 1.49. The Balaban J connectivity index is 2.33. The van der Waals surface area contributed by atoms with Crippen LogP contribution in [-0.4, -0.2) is 63.3 Å². The number of ether oxygens (including phenoxy) is 3. The first-order valence-electron chi connectivity index (χ1n) is 5.37. The number of rotatable bonds is 6. The predicted octanol–water partition coefficient (Wildman–Crippen LogP) is -1.08. The molecule has 2 atom stereocenters. The van der Waals surface area contributed by atoms with E-state index in [2.05, 4.69) is 5.32 Å². The zero-order chi connectivity index (χ0) is 11.8. The van der Waals surface area contributed by atoms with Gasteiger partial charge in [0.1, 0.15) is 0 Å². The van der Waals surface area contributed by atoms with Crippen LogP contribution in [0, 0.1) is 0 Å². The molecule has 0 spiro atoms. The van der Waals surface area contributed by atoms with E-state index in [1.54, 1.807) is 7.11 Å². The molecule has 0 radical (unpaired) electrons.